The monoisotopic (exact) mass is 325 g/mol. The van der Waals surface area contributed by atoms with Gasteiger partial charge in [-0.25, -0.2) is 0 Å². The minimum absolute atomic E-state index is 0.175. The summed E-state index contributed by atoms with van der Waals surface area (Å²) in [4.78, 5) is 18.6. The van der Waals surface area contributed by atoms with Gasteiger partial charge < -0.3 is 10.2 Å². The molecule has 0 atom stereocenters. The molecule has 0 saturated carbocycles. The Morgan fingerprint density at radius 2 is 1.88 bits per heavy atom. The Kier molecular flexibility index (Phi) is 5.03. The number of amides is 1. The largest absolute Gasteiger partial charge is 0.366 e. The van der Waals surface area contributed by atoms with Gasteiger partial charge in [0, 0.05) is 31.0 Å². The first-order valence-corrected chi connectivity index (χ1v) is 8.36. The first kappa shape index (κ1) is 16.4. The Bertz CT molecular complexity index is 676. The molecule has 0 radical (unpaired) electrons. The topological polar surface area (TPSA) is 71.0 Å². The number of piperidine rings is 1. The number of pyridine rings is 1. The molecular weight excluding hydrogens is 302 g/mol. The van der Waals surface area contributed by atoms with Gasteiger partial charge in [0.1, 0.15) is 5.82 Å². The van der Waals surface area contributed by atoms with Gasteiger partial charge in [0.25, 0.3) is 0 Å². The van der Waals surface area contributed by atoms with E-state index in [0.717, 1.165) is 48.7 Å². The van der Waals surface area contributed by atoms with Crippen molar-refractivity contribution in [1.29, 1.82) is 0 Å². The summed E-state index contributed by atoms with van der Waals surface area (Å²) in [5.41, 5.74) is 2.85. The fraction of sp³-hybridized carbons (Fsp3) is 0.444. The maximum Gasteiger partial charge on any atom is 0.227 e. The van der Waals surface area contributed by atoms with Gasteiger partial charge in [0.2, 0.25) is 5.91 Å². The van der Waals surface area contributed by atoms with Crippen LogP contribution in [0.15, 0.2) is 30.5 Å². The average Bonchev–Trinajstić information content (AvgIpc) is 2.59. The lowest BCUT2D eigenvalue weighted by Gasteiger charge is -2.32. The zero-order valence-corrected chi connectivity index (χ0v) is 14.2. The number of anilines is 1. The van der Waals surface area contributed by atoms with Crippen LogP contribution in [-0.4, -0.2) is 45.1 Å². The number of aromatic nitrogens is 3. The van der Waals surface area contributed by atoms with Crippen molar-refractivity contribution in [3.05, 3.63) is 47.4 Å². The number of hydrogen-bond acceptors (Lipinski definition) is 5. The van der Waals surface area contributed by atoms with Crippen LogP contribution in [-0.2, 0) is 11.2 Å². The van der Waals surface area contributed by atoms with Crippen LogP contribution in [0.3, 0.4) is 0 Å². The van der Waals surface area contributed by atoms with E-state index in [2.05, 4.69) is 20.5 Å². The molecule has 1 fully saturated rings. The molecule has 24 heavy (non-hydrogen) atoms. The zero-order valence-electron chi connectivity index (χ0n) is 14.2. The molecule has 1 amide bonds. The Morgan fingerprint density at radius 1 is 1.12 bits per heavy atom. The Hall–Kier alpha value is -2.50. The van der Waals surface area contributed by atoms with Crippen LogP contribution < -0.4 is 5.32 Å². The molecule has 2 aromatic heterocycles. The van der Waals surface area contributed by atoms with Crippen molar-refractivity contribution in [2.45, 2.75) is 39.2 Å². The van der Waals surface area contributed by atoms with Gasteiger partial charge in [0.15, 0.2) is 0 Å². The molecule has 0 aliphatic carbocycles. The number of aryl methyl sites for hydroxylation is 2. The molecule has 0 aromatic carbocycles. The molecule has 1 aliphatic rings. The van der Waals surface area contributed by atoms with Crippen molar-refractivity contribution in [3.8, 4) is 0 Å². The molecule has 3 rings (SSSR count). The fourth-order valence-electron chi connectivity index (χ4n) is 2.85. The van der Waals surface area contributed by atoms with E-state index in [-0.39, 0.29) is 5.91 Å². The predicted molar refractivity (Wildman–Crippen MR) is 92.7 cm³/mol. The third-order valence-corrected chi connectivity index (χ3v) is 4.33. The van der Waals surface area contributed by atoms with E-state index in [0.29, 0.717) is 12.5 Å². The maximum atomic E-state index is 12.4. The highest BCUT2D eigenvalue weighted by atomic mass is 16.2. The van der Waals surface area contributed by atoms with Crippen LogP contribution in [0.1, 0.15) is 29.8 Å². The van der Waals surface area contributed by atoms with Gasteiger partial charge in [-0.1, -0.05) is 6.07 Å². The maximum absolute atomic E-state index is 12.4. The molecular formula is C18H23N5O. The molecule has 6 heteroatoms. The number of nitrogens with one attached hydrogen (secondary N) is 1. The van der Waals surface area contributed by atoms with Crippen molar-refractivity contribution in [2.75, 3.05) is 18.4 Å². The quantitative estimate of drug-likeness (QED) is 0.932. The van der Waals surface area contributed by atoms with Crippen molar-refractivity contribution < 1.29 is 4.79 Å². The van der Waals surface area contributed by atoms with Gasteiger partial charge in [-0.3, -0.25) is 9.78 Å². The summed E-state index contributed by atoms with van der Waals surface area (Å²) in [5, 5.41) is 11.6. The number of rotatable bonds is 4. The lowest BCUT2D eigenvalue weighted by atomic mass is 10.0. The Labute approximate surface area is 142 Å². The molecule has 0 spiro atoms. The summed E-state index contributed by atoms with van der Waals surface area (Å²) in [6.45, 7) is 5.41. The van der Waals surface area contributed by atoms with Crippen LogP contribution in [0.2, 0.25) is 0 Å². The molecule has 0 bridgehead atoms. The molecule has 1 aliphatic heterocycles. The second-order valence-electron chi connectivity index (χ2n) is 6.34. The standard InChI is InChI=1S/C18H23N5O/c1-13-3-5-15(12-19-13)11-18(24)23-9-7-16(8-10-23)20-17-6-4-14(2)21-22-17/h3-6,12,16H,7-11H2,1-2H3,(H,20,22). The summed E-state index contributed by atoms with van der Waals surface area (Å²) < 4.78 is 0. The van der Waals surface area contributed by atoms with Crippen molar-refractivity contribution in [3.63, 3.8) is 0 Å². The number of carbonyl (C=O) groups excluding carboxylic acids is 1. The SMILES string of the molecule is Cc1ccc(CC(=O)N2CCC(Nc3ccc(C)nn3)CC2)cn1. The minimum Gasteiger partial charge on any atom is -0.366 e. The lowest BCUT2D eigenvalue weighted by molar-refractivity contribution is -0.131. The zero-order chi connectivity index (χ0) is 16.9. The predicted octanol–water partition coefficient (Wildman–Crippen LogP) is 2.13. The van der Waals surface area contributed by atoms with Crippen LogP contribution in [0.5, 0.6) is 0 Å². The van der Waals surface area contributed by atoms with Gasteiger partial charge in [0.05, 0.1) is 12.1 Å². The highest BCUT2D eigenvalue weighted by Crippen LogP contribution is 2.16. The molecule has 1 N–H and O–H groups in total. The van der Waals surface area contributed by atoms with E-state index in [9.17, 15) is 4.79 Å². The molecule has 126 valence electrons. The van der Waals surface area contributed by atoms with Crippen LogP contribution in [0.25, 0.3) is 0 Å². The smallest absolute Gasteiger partial charge is 0.227 e. The van der Waals surface area contributed by atoms with E-state index >= 15 is 0 Å². The van der Waals surface area contributed by atoms with Gasteiger partial charge in [-0.2, -0.15) is 5.10 Å². The summed E-state index contributed by atoms with van der Waals surface area (Å²) in [5.74, 6) is 0.977. The second kappa shape index (κ2) is 7.38. The van der Waals surface area contributed by atoms with Crippen LogP contribution in [0, 0.1) is 13.8 Å². The van der Waals surface area contributed by atoms with Gasteiger partial charge >= 0.3 is 0 Å². The summed E-state index contributed by atoms with van der Waals surface area (Å²) in [6, 6.07) is 8.16. The van der Waals surface area contributed by atoms with Gasteiger partial charge in [-0.05, 0) is 50.5 Å². The molecule has 6 nitrogen and oxygen atoms in total. The fourth-order valence-corrected chi connectivity index (χ4v) is 2.85. The highest BCUT2D eigenvalue weighted by Gasteiger charge is 2.23. The minimum atomic E-state index is 0.175. The van der Waals surface area contributed by atoms with Gasteiger partial charge in [-0.15, -0.1) is 5.10 Å². The molecule has 0 unspecified atom stereocenters. The van der Waals surface area contributed by atoms with Crippen molar-refractivity contribution >= 4 is 11.7 Å². The lowest BCUT2D eigenvalue weighted by Crippen LogP contribution is -2.43. The van der Waals surface area contributed by atoms with Crippen LogP contribution in [0.4, 0.5) is 5.82 Å². The summed E-state index contributed by atoms with van der Waals surface area (Å²) in [7, 11) is 0. The third-order valence-electron chi connectivity index (χ3n) is 4.33. The Balaban J connectivity index is 1.48. The number of nitrogens with zero attached hydrogens (tertiary/aromatic N) is 4. The van der Waals surface area contributed by atoms with E-state index in [1.54, 1.807) is 6.20 Å². The molecule has 1 saturated heterocycles. The number of hydrogen-bond donors (Lipinski definition) is 1. The Morgan fingerprint density at radius 3 is 2.50 bits per heavy atom. The first-order chi connectivity index (χ1) is 11.6. The van der Waals surface area contributed by atoms with Crippen LogP contribution >= 0.6 is 0 Å². The van der Waals surface area contributed by atoms with E-state index in [1.165, 1.54) is 0 Å². The van der Waals surface area contributed by atoms with E-state index < -0.39 is 0 Å². The first-order valence-electron chi connectivity index (χ1n) is 8.36. The summed E-state index contributed by atoms with van der Waals surface area (Å²) in [6.07, 6.45) is 4.06. The molecule has 3 heterocycles. The van der Waals surface area contributed by atoms with E-state index in [4.69, 9.17) is 0 Å². The number of likely N-dealkylation sites (tertiary alicyclic amines) is 1. The summed E-state index contributed by atoms with van der Waals surface area (Å²) >= 11 is 0. The van der Waals surface area contributed by atoms with Crippen molar-refractivity contribution in [1.82, 2.24) is 20.1 Å². The third kappa shape index (κ3) is 4.28. The molecule has 2 aromatic rings. The normalized spacial score (nSPS) is 15.3. The highest BCUT2D eigenvalue weighted by molar-refractivity contribution is 5.78. The van der Waals surface area contributed by atoms with E-state index in [1.807, 2.05) is 43.0 Å². The average molecular weight is 325 g/mol. The van der Waals surface area contributed by atoms with Crippen molar-refractivity contribution in [2.24, 2.45) is 0 Å². The second-order valence-corrected chi connectivity index (χ2v) is 6.34. The number of carbonyl (C=O) groups is 1.